The van der Waals surface area contributed by atoms with Gasteiger partial charge in [-0.25, -0.2) is 4.98 Å². The fraction of sp³-hybridized carbons (Fsp3) is 0. The van der Waals surface area contributed by atoms with Gasteiger partial charge in [0.25, 0.3) is 0 Å². The van der Waals surface area contributed by atoms with Gasteiger partial charge in [-0.3, -0.25) is 4.57 Å². The van der Waals surface area contributed by atoms with Gasteiger partial charge in [0.15, 0.2) is 11.6 Å². The fourth-order valence-corrected chi connectivity index (χ4v) is 7.16. The number of benzene rings is 8. The van der Waals surface area contributed by atoms with Gasteiger partial charge >= 0.3 is 0 Å². The van der Waals surface area contributed by atoms with Crippen molar-refractivity contribution in [2.45, 2.75) is 0 Å². The molecule has 4 nitrogen and oxygen atoms in total. The molecule has 0 unspecified atom stereocenters. The van der Waals surface area contributed by atoms with Crippen LogP contribution in [0.1, 0.15) is 0 Å². The molecule has 0 radical (unpaired) electrons. The van der Waals surface area contributed by atoms with Crippen LogP contribution in [0.15, 0.2) is 146 Å². The summed E-state index contributed by atoms with van der Waals surface area (Å²) in [5.74, 6) is 1.90. The smallest absolute Gasteiger partial charge is 0.238 e. The lowest BCUT2D eigenvalue weighted by Gasteiger charge is -2.13. The molecule has 0 amide bonds. The van der Waals surface area contributed by atoms with Gasteiger partial charge < -0.3 is 0 Å². The summed E-state index contributed by atoms with van der Waals surface area (Å²) >= 11 is 0. The van der Waals surface area contributed by atoms with Crippen LogP contribution < -0.4 is 0 Å². The van der Waals surface area contributed by atoms with Crippen molar-refractivity contribution in [1.82, 2.24) is 19.5 Å². The first-order valence-corrected chi connectivity index (χ1v) is 15.2. The first-order chi connectivity index (χ1) is 22.3. The van der Waals surface area contributed by atoms with Crippen LogP contribution in [0.4, 0.5) is 0 Å². The third-order valence-electron chi connectivity index (χ3n) is 9.17. The second-order valence-corrected chi connectivity index (χ2v) is 11.7. The van der Waals surface area contributed by atoms with Gasteiger partial charge in [0, 0.05) is 27.3 Å². The van der Waals surface area contributed by atoms with Gasteiger partial charge in [0.05, 0.1) is 11.0 Å². The summed E-state index contributed by atoms with van der Waals surface area (Å²) in [6.45, 7) is 0. The van der Waals surface area contributed by atoms with Crippen molar-refractivity contribution in [1.29, 1.82) is 0 Å². The number of hydrogen-bond donors (Lipinski definition) is 0. The summed E-state index contributed by atoms with van der Waals surface area (Å²) in [5, 5.41) is 10.2. The summed E-state index contributed by atoms with van der Waals surface area (Å²) in [6, 6.07) is 51.3. The topological polar surface area (TPSA) is 43.6 Å². The van der Waals surface area contributed by atoms with Crippen LogP contribution in [-0.2, 0) is 0 Å². The summed E-state index contributed by atoms with van der Waals surface area (Å²) in [4.78, 5) is 15.3. The van der Waals surface area contributed by atoms with Crippen LogP contribution in [-0.4, -0.2) is 19.5 Å². The minimum Gasteiger partial charge on any atom is -0.278 e. The number of nitrogens with zero attached hydrogens (tertiary/aromatic N) is 4. The zero-order valence-electron chi connectivity index (χ0n) is 24.1. The molecule has 0 aliphatic heterocycles. The normalized spacial score (nSPS) is 12.0. The predicted octanol–water partition coefficient (Wildman–Crippen LogP) is 10.3. The van der Waals surface area contributed by atoms with E-state index in [2.05, 4.69) is 126 Å². The van der Waals surface area contributed by atoms with Gasteiger partial charge in [-0.2, -0.15) is 9.97 Å². The standard InChI is InChI=1S/C41H24N4/c1-3-9-25(10-4-1)26-17-21-30(22-18-26)40-42-39(29-11-5-2-6-12-29)43-41(44-40)45-33-16-8-15-32-31-14-7-13-27-19-20-28-23-24-34(45)38(37(32)33)36(28)35(27)31/h1-24H. The van der Waals surface area contributed by atoms with Gasteiger partial charge in [-0.15, -0.1) is 0 Å². The average Bonchev–Trinajstić information content (AvgIpc) is 3.47. The van der Waals surface area contributed by atoms with Gasteiger partial charge in [-0.1, -0.05) is 133 Å². The van der Waals surface area contributed by atoms with Crippen molar-refractivity contribution < 1.29 is 0 Å². The van der Waals surface area contributed by atoms with Crippen molar-refractivity contribution in [3.8, 4) is 39.9 Å². The molecule has 0 fully saturated rings. The Hall–Kier alpha value is -6.13. The highest BCUT2D eigenvalue weighted by molar-refractivity contribution is 6.40. The summed E-state index contributed by atoms with van der Waals surface area (Å²) in [7, 11) is 0. The van der Waals surface area contributed by atoms with E-state index in [0.717, 1.165) is 27.7 Å². The maximum absolute atomic E-state index is 5.18. The summed E-state index contributed by atoms with van der Waals surface area (Å²) in [5.41, 5.74) is 6.43. The van der Waals surface area contributed by atoms with Crippen molar-refractivity contribution in [3.63, 3.8) is 0 Å². The Kier molecular flexibility index (Phi) is 4.96. The minimum absolute atomic E-state index is 0.612. The van der Waals surface area contributed by atoms with Crippen LogP contribution in [0.3, 0.4) is 0 Å². The molecule has 0 aliphatic carbocycles. The maximum atomic E-state index is 5.18. The van der Waals surface area contributed by atoms with Gasteiger partial charge in [-0.05, 0) is 50.2 Å². The number of rotatable bonds is 4. The predicted molar refractivity (Wildman–Crippen MR) is 185 cm³/mol. The second-order valence-electron chi connectivity index (χ2n) is 11.7. The zero-order valence-corrected chi connectivity index (χ0v) is 24.1. The molecule has 8 aromatic carbocycles. The van der Waals surface area contributed by atoms with Crippen molar-refractivity contribution in [2.24, 2.45) is 0 Å². The first kappa shape index (κ1) is 24.3. The van der Waals surface area contributed by atoms with E-state index in [-0.39, 0.29) is 0 Å². The third kappa shape index (κ3) is 3.51. The van der Waals surface area contributed by atoms with E-state index >= 15 is 0 Å². The molecule has 0 bridgehead atoms. The Morgan fingerprint density at radius 2 is 0.867 bits per heavy atom. The summed E-state index contributed by atoms with van der Waals surface area (Å²) < 4.78 is 2.23. The Labute approximate surface area is 258 Å². The molecule has 208 valence electrons. The molecule has 0 spiro atoms. The first-order valence-electron chi connectivity index (χ1n) is 15.2. The maximum Gasteiger partial charge on any atom is 0.238 e. The molecule has 0 atom stereocenters. The number of fused-ring (bicyclic) bond motifs is 1. The van der Waals surface area contributed by atoms with Crippen LogP contribution in [0.25, 0.3) is 94.0 Å². The zero-order chi connectivity index (χ0) is 29.5. The molecule has 45 heavy (non-hydrogen) atoms. The lowest BCUT2D eigenvalue weighted by molar-refractivity contribution is 0.954. The average molecular weight is 573 g/mol. The molecule has 10 rings (SSSR count). The molecular formula is C41H24N4. The molecule has 0 saturated heterocycles. The van der Waals surface area contributed by atoms with E-state index < -0.39 is 0 Å². The Balaban J connectivity index is 1.27. The Morgan fingerprint density at radius 3 is 1.60 bits per heavy atom. The Morgan fingerprint density at radius 1 is 0.333 bits per heavy atom. The van der Waals surface area contributed by atoms with E-state index in [9.17, 15) is 0 Å². The van der Waals surface area contributed by atoms with E-state index in [1.165, 1.54) is 48.7 Å². The van der Waals surface area contributed by atoms with E-state index in [1.54, 1.807) is 0 Å². The number of aromatic nitrogens is 4. The van der Waals surface area contributed by atoms with Crippen molar-refractivity contribution >= 4 is 54.1 Å². The van der Waals surface area contributed by atoms with E-state index in [1.807, 2.05) is 24.3 Å². The van der Waals surface area contributed by atoms with Crippen molar-refractivity contribution in [3.05, 3.63) is 146 Å². The molecule has 0 aliphatic rings. The van der Waals surface area contributed by atoms with Crippen LogP contribution >= 0.6 is 0 Å². The minimum atomic E-state index is 0.612. The highest BCUT2D eigenvalue weighted by atomic mass is 15.2. The Bertz CT molecular complexity index is 2670. The quantitative estimate of drug-likeness (QED) is 0.156. The molecule has 2 heterocycles. The summed E-state index contributed by atoms with van der Waals surface area (Å²) in [6.07, 6.45) is 0. The highest BCUT2D eigenvalue weighted by Crippen LogP contribution is 2.46. The monoisotopic (exact) mass is 572 g/mol. The van der Waals surface area contributed by atoms with Gasteiger partial charge in [0.2, 0.25) is 5.95 Å². The fourth-order valence-electron chi connectivity index (χ4n) is 7.16. The van der Waals surface area contributed by atoms with Crippen LogP contribution in [0, 0.1) is 0 Å². The third-order valence-corrected chi connectivity index (χ3v) is 9.17. The lowest BCUT2D eigenvalue weighted by Crippen LogP contribution is -2.06. The SMILES string of the molecule is c1ccc(-c2ccc(-c3nc(-c4ccccc4)nc(-n4c5cccc6c7cccc8ccc9ccc4c(c9c87)c65)n3)cc2)cc1. The number of hydrogen-bond acceptors (Lipinski definition) is 3. The van der Waals surface area contributed by atoms with Gasteiger partial charge in [0.1, 0.15) is 0 Å². The van der Waals surface area contributed by atoms with Crippen LogP contribution in [0.2, 0.25) is 0 Å². The molecule has 2 aromatic heterocycles. The van der Waals surface area contributed by atoms with Crippen LogP contribution in [0.5, 0.6) is 0 Å². The largest absolute Gasteiger partial charge is 0.278 e. The molecule has 0 saturated carbocycles. The van der Waals surface area contributed by atoms with E-state index in [4.69, 9.17) is 15.0 Å². The lowest BCUT2D eigenvalue weighted by atomic mass is 9.89. The molecular weight excluding hydrogens is 548 g/mol. The highest BCUT2D eigenvalue weighted by Gasteiger charge is 2.23. The second kappa shape index (κ2) is 9.18. The van der Waals surface area contributed by atoms with Crippen molar-refractivity contribution in [2.75, 3.05) is 0 Å². The molecule has 0 N–H and O–H groups in total. The molecule has 4 heteroatoms. The molecule has 10 aromatic rings. The van der Waals surface area contributed by atoms with E-state index in [0.29, 0.717) is 17.6 Å².